The molecule has 0 fully saturated rings. The van der Waals surface area contributed by atoms with E-state index in [0.29, 0.717) is 10.2 Å². The number of fused-ring (bicyclic) bond motifs is 1. The van der Waals surface area contributed by atoms with Crippen molar-refractivity contribution >= 4 is 21.8 Å². The van der Waals surface area contributed by atoms with Gasteiger partial charge in [-0.3, -0.25) is 4.79 Å². The lowest BCUT2D eigenvalue weighted by atomic mass is 10.1. The minimum Gasteiger partial charge on any atom is -0.457 e. The molecule has 0 aliphatic heterocycles. The van der Waals surface area contributed by atoms with Crippen molar-refractivity contribution in [3.05, 3.63) is 58.0 Å². The van der Waals surface area contributed by atoms with E-state index in [4.69, 9.17) is 4.42 Å². The number of rotatable bonds is 2. The molecule has 2 aromatic rings. The predicted molar refractivity (Wildman–Crippen MR) is 71.5 cm³/mol. The van der Waals surface area contributed by atoms with Crippen molar-refractivity contribution in [1.29, 1.82) is 0 Å². The number of carbonyl (C=O) groups excluding carboxylic acids is 1. The van der Waals surface area contributed by atoms with Gasteiger partial charge in [-0.15, -0.1) is 0 Å². The van der Waals surface area contributed by atoms with Gasteiger partial charge < -0.3 is 9.73 Å². The molecule has 1 aliphatic carbocycles. The summed E-state index contributed by atoms with van der Waals surface area (Å²) in [6, 6.07) is 10.2. The molecule has 0 spiro atoms. The molecule has 0 saturated carbocycles. The molecular weight excluding hydrogens is 294 g/mol. The molecule has 1 amide bonds. The first-order chi connectivity index (χ1) is 8.74. The Labute approximate surface area is 113 Å². The fourth-order valence-electron chi connectivity index (χ4n) is 2.38. The number of hydrogen-bond donors (Lipinski definition) is 1. The van der Waals surface area contributed by atoms with Gasteiger partial charge in [0.2, 0.25) is 0 Å². The normalized spacial score (nSPS) is 14.5. The summed E-state index contributed by atoms with van der Waals surface area (Å²) in [5, 5.41) is 3.04. The van der Waals surface area contributed by atoms with Gasteiger partial charge >= 0.3 is 0 Å². The molecule has 1 N–H and O–H groups in total. The SMILES string of the molecule is O=C(NC1Cc2ccccc2C1)c1ccoc1Br. The summed E-state index contributed by atoms with van der Waals surface area (Å²) in [4.78, 5) is 12.0. The Morgan fingerprint density at radius 2 is 1.89 bits per heavy atom. The number of furan rings is 1. The lowest BCUT2D eigenvalue weighted by molar-refractivity contribution is 0.0937. The molecule has 1 heterocycles. The van der Waals surface area contributed by atoms with Crippen molar-refractivity contribution in [2.45, 2.75) is 18.9 Å². The lowest BCUT2D eigenvalue weighted by Gasteiger charge is -2.11. The molecule has 0 bridgehead atoms. The van der Waals surface area contributed by atoms with E-state index in [1.165, 1.54) is 17.4 Å². The molecule has 4 heteroatoms. The van der Waals surface area contributed by atoms with Crippen LogP contribution in [0.15, 0.2) is 45.7 Å². The number of amides is 1. The molecule has 0 unspecified atom stereocenters. The fourth-order valence-corrected chi connectivity index (χ4v) is 2.80. The van der Waals surface area contributed by atoms with Gasteiger partial charge in [0.15, 0.2) is 4.67 Å². The Bertz CT molecular complexity index is 566. The highest BCUT2D eigenvalue weighted by molar-refractivity contribution is 9.10. The number of benzene rings is 1. The third-order valence-electron chi connectivity index (χ3n) is 3.25. The Hall–Kier alpha value is -1.55. The highest BCUT2D eigenvalue weighted by atomic mass is 79.9. The zero-order valence-electron chi connectivity index (χ0n) is 9.65. The maximum absolute atomic E-state index is 12.0. The van der Waals surface area contributed by atoms with Crippen LogP contribution in [0.2, 0.25) is 0 Å². The summed E-state index contributed by atoms with van der Waals surface area (Å²) in [6.07, 6.45) is 3.30. The van der Waals surface area contributed by atoms with Crippen molar-refractivity contribution in [3.63, 3.8) is 0 Å². The summed E-state index contributed by atoms with van der Waals surface area (Å²) in [7, 11) is 0. The van der Waals surface area contributed by atoms with Crippen molar-refractivity contribution < 1.29 is 9.21 Å². The molecule has 1 aromatic heterocycles. The zero-order valence-corrected chi connectivity index (χ0v) is 11.2. The van der Waals surface area contributed by atoms with Crippen LogP contribution >= 0.6 is 15.9 Å². The fraction of sp³-hybridized carbons (Fsp3) is 0.214. The summed E-state index contributed by atoms with van der Waals surface area (Å²) in [6.45, 7) is 0. The number of hydrogen-bond acceptors (Lipinski definition) is 2. The summed E-state index contributed by atoms with van der Waals surface area (Å²) >= 11 is 3.22. The predicted octanol–water partition coefficient (Wildman–Crippen LogP) is 2.94. The minimum absolute atomic E-state index is 0.0894. The first-order valence-corrected chi connectivity index (χ1v) is 6.64. The summed E-state index contributed by atoms with van der Waals surface area (Å²) < 4.78 is 5.55. The van der Waals surface area contributed by atoms with Crippen LogP contribution in [0.1, 0.15) is 21.5 Å². The van der Waals surface area contributed by atoms with Gasteiger partial charge in [-0.05, 0) is 46.0 Å². The quantitative estimate of drug-likeness (QED) is 0.927. The third kappa shape index (κ3) is 2.08. The van der Waals surface area contributed by atoms with Crippen LogP contribution in [0.4, 0.5) is 0 Å². The van der Waals surface area contributed by atoms with Crippen molar-refractivity contribution in [3.8, 4) is 0 Å². The molecule has 0 saturated heterocycles. The van der Waals surface area contributed by atoms with E-state index in [0.717, 1.165) is 12.8 Å². The highest BCUT2D eigenvalue weighted by Gasteiger charge is 2.23. The van der Waals surface area contributed by atoms with Crippen molar-refractivity contribution in [1.82, 2.24) is 5.32 Å². The first-order valence-electron chi connectivity index (χ1n) is 5.84. The summed E-state index contributed by atoms with van der Waals surface area (Å²) in [5.41, 5.74) is 3.20. The molecule has 92 valence electrons. The van der Waals surface area contributed by atoms with Gasteiger partial charge in [0.05, 0.1) is 11.8 Å². The van der Waals surface area contributed by atoms with Gasteiger partial charge in [-0.25, -0.2) is 0 Å². The van der Waals surface area contributed by atoms with E-state index in [1.807, 2.05) is 12.1 Å². The second kappa shape index (κ2) is 4.61. The average molecular weight is 306 g/mol. The molecule has 3 rings (SSSR count). The average Bonchev–Trinajstić information content (AvgIpc) is 2.94. The first kappa shape index (κ1) is 11.5. The largest absolute Gasteiger partial charge is 0.457 e. The van der Waals surface area contributed by atoms with Gasteiger partial charge in [0.1, 0.15) is 0 Å². The van der Waals surface area contributed by atoms with Gasteiger partial charge in [-0.2, -0.15) is 0 Å². The van der Waals surface area contributed by atoms with Crippen LogP contribution in [0.5, 0.6) is 0 Å². The van der Waals surface area contributed by atoms with Crippen LogP contribution in [0.3, 0.4) is 0 Å². The van der Waals surface area contributed by atoms with Crippen LogP contribution in [0.25, 0.3) is 0 Å². The zero-order chi connectivity index (χ0) is 12.5. The van der Waals surface area contributed by atoms with E-state index in [2.05, 4.69) is 33.4 Å². The molecule has 1 aromatic carbocycles. The number of nitrogens with one attached hydrogen (secondary N) is 1. The highest BCUT2D eigenvalue weighted by Crippen LogP contribution is 2.23. The standard InChI is InChI=1S/C14H12BrNO2/c15-13-12(5-6-18-13)14(17)16-11-7-9-3-1-2-4-10(9)8-11/h1-6,11H,7-8H2,(H,16,17). The van der Waals surface area contributed by atoms with Gasteiger partial charge in [-0.1, -0.05) is 24.3 Å². The lowest BCUT2D eigenvalue weighted by Crippen LogP contribution is -2.35. The Morgan fingerprint density at radius 3 is 2.44 bits per heavy atom. The molecule has 0 atom stereocenters. The van der Waals surface area contributed by atoms with Crippen LogP contribution < -0.4 is 5.32 Å². The molecule has 18 heavy (non-hydrogen) atoms. The monoisotopic (exact) mass is 305 g/mol. The van der Waals surface area contributed by atoms with E-state index in [-0.39, 0.29) is 11.9 Å². The Kier molecular flexibility index (Phi) is 2.96. The molecule has 1 aliphatic rings. The Morgan fingerprint density at radius 1 is 1.22 bits per heavy atom. The van der Waals surface area contributed by atoms with E-state index < -0.39 is 0 Å². The van der Waals surface area contributed by atoms with Crippen molar-refractivity contribution in [2.75, 3.05) is 0 Å². The van der Waals surface area contributed by atoms with Crippen molar-refractivity contribution in [2.24, 2.45) is 0 Å². The smallest absolute Gasteiger partial charge is 0.255 e. The van der Waals surface area contributed by atoms with Crippen LogP contribution in [-0.2, 0) is 12.8 Å². The topological polar surface area (TPSA) is 42.2 Å². The summed E-state index contributed by atoms with van der Waals surface area (Å²) in [5.74, 6) is -0.0894. The maximum atomic E-state index is 12.0. The minimum atomic E-state index is -0.0894. The second-order valence-electron chi connectivity index (χ2n) is 4.46. The van der Waals surface area contributed by atoms with Gasteiger partial charge in [0, 0.05) is 6.04 Å². The molecular formula is C14H12BrNO2. The van der Waals surface area contributed by atoms with Crippen LogP contribution in [-0.4, -0.2) is 11.9 Å². The van der Waals surface area contributed by atoms with E-state index in [1.54, 1.807) is 6.07 Å². The molecule has 3 nitrogen and oxygen atoms in total. The van der Waals surface area contributed by atoms with Gasteiger partial charge in [0.25, 0.3) is 5.91 Å². The third-order valence-corrected chi connectivity index (χ3v) is 3.86. The Balaban J connectivity index is 1.70. The van der Waals surface area contributed by atoms with E-state index >= 15 is 0 Å². The number of carbonyl (C=O) groups is 1. The van der Waals surface area contributed by atoms with E-state index in [9.17, 15) is 4.79 Å². The maximum Gasteiger partial charge on any atom is 0.255 e. The molecule has 0 radical (unpaired) electrons. The number of halogens is 1. The van der Waals surface area contributed by atoms with Crippen LogP contribution in [0, 0.1) is 0 Å². The second-order valence-corrected chi connectivity index (χ2v) is 5.18.